The molecule has 3 rings (SSSR count). The fourth-order valence-corrected chi connectivity index (χ4v) is 4.28. The van der Waals surface area contributed by atoms with Crippen LogP contribution in [0, 0.1) is 13.8 Å². The topological polar surface area (TPSA) is 29.5 Å². The number of benzene rings is 1. The Kier molecular flexibility index (Phi) is 5.56. The minimum absolute atomic E-state index is 0.261. The van der Waals surface area contributed by atoms with Crippen molar-refractivity contribution in [3.63, 3.8) is 0 Å². The highest BCUT2D eigenvalue weighted by Gasteiger charge is 2.30. The van der Waals surface area contributed by atoms with Gasteiger partial charge in [0.1, 0.15) is 5.75 Å². The van der Waals surface area contributed by atoms with Gasteiger partial charge in [-0.1, -0.05) is 12.1 Å². The molecular formula is C20H25NO2S. The number of aryl methyl sites for hydroxylation is 2. The molecule has 3 nitrogen and oxygen atoms in total. The molecule has 128 valence electrons. The number of hydrogen-bond donors (Lipinski definition) is 0. The molecule has 1 aliphatic rings. The van der Waals surface area contributed by atoms with Crippen molar-refractivity contribution in [1.82, 2.24) is 4.90 Å². The molecular weight excluding hydrogens is 318 g/mol. The highest BCUT2D eigenvalue weighted by atomic mass is 32.1. The molecule has 1 atom stereocenters. The van der Waals surface area contributed by atoms with E-state index in [2.05, 4.69) is 36.9 Å². The van der Waals surface area contributed by atoms with Crippen LogP contribution in [0.15, 0.2) is 36.4 Å². The average Bonchev–Trinajstić information content (AvgIpc) is 3.20. The van der Waals surface area contributed by atoms with Crippen LogP contribution in [0.2, 0.25) is 0 Å². The van der Waals surface area contributed by atoms with Gasteiger partial charge < -0.3 is 9.64 Å². The summed E-state index contributed by atoms with van der Waals surface area (Å²) < 4.78 is 5.75. The zero-order valence-electron chi connectivity index (χ0n) is 14.5. The summed E-state index contributed by atoms with van der Waals surface area (Å²) >= 11 is 1.81. The number of thiophene rings is 1. The summed E-state index contributed by atoms with van der Waals surface area (Å²) in [4.78, 5) is 17.3. The average molecular weight is 343 g/mol. The predicted molar refractivity (Wildman–Crippen MR) is 98.7 cm³/mol. The van der Waals surface area contributed by atoms with E-state index in [0.29, 0.717) is 13.0 Å². The van der Waals surface area contributed by atoms with Gasteiger partial charge in [-0.15, -0.1) is 11.3 Å². The molecule has 4 heteroatoms. The molecule has 0 spiro atoms. The third-order valence-corrected chi connectivity index (χ3v) is 5.56. The number of rotatable bonds is 6. The molecule has 2 aromatic rings. The fraction of sp³-hybridized carbons (Fsp3) is 0.450. The van der Waals surface area contributed by atoms with E-state index in [4.69, 9.17) is 4.74 Å². The summed E-state index contributed by atoms with van der Waals surface area (Å²) in [6, 6.07) is 12.6. The van der Waals surface area contributed by atoms with E-state index in [1.54, 1.807) is 0 Å². The van der Waals surface area contributed by atoms with Crippen LogP contribution in [0.5, 0.6) is 5.75 Å². The molecule has 1 fully saturated rings. The van der Waals surface area contributed by atoms with Gasteiger partial charge in [-0.3, -0.25) is 4.79 Å². The third kappa shape index (κ3) is 4.18. The van der Waals surface area contributed by atoms with Crippen LogP contribution in [0.25, 0.3) is 0 Å². The summed E-state index contributed by atoms with van der Waals surface area (Å²) in [5.41, 5.74) is 1.19. The van der Waals surface area contributed by atoms with Gasteiger partial charge in [-0.05, 0) is 62.9 Å². The monoisotopic (exact) mass is 343 g/mol. The second-order valence-corrected chi connectivity index (χ2v) is 7.78. The first-order chi connectivity index (χ1) is 11.6. The van der Waals surface area contributed by atoms with Gasteiger partial charge in [0.05, 0.1) is 12.6 Å². The van der Waals surface area contributed by atoms with Crippen molar-refractivity contribution in [3.8, 4) is 5.75 Å². The van der Waals surface area contributed by atoms with Crippen molar-refractivity contribution in [1.29, 1.82) is 0 Å². The molecule has 0 N–H and O–H groups in total. The first kappa shape index (κ1) is 17.0. The van der Waals surface area contributed by atoms with Gasteiger partial charge in [0.2, 0.25) is 5.91 Å². The lowest BCUT2D eigenvalue weighted by molar-refractivity contribution is -0.132. The molecule has 1 unspecified atom stereocenters. The summed E-state index contributed by atoms with van der Waals surface area (Å²) in [5.74, 6) is 1.15. The maximum Gasteiger partial charge on any atom is 0.223 e. The first-order valence-electron chi connectivity index (χ1n) is 8.69. The minimum Gasteiger partial charge on any atom is -0.494 e. The van der Waals surface area contributed by atoms with Gasteiger partial charge in [-0.2, -0.15) is 0 Å². The number of carbonyl (C=O) groups excluding carboxylic acids is 1. The van der Waals surface area contributed by atoms with Crippen LogP contribution in [-0.2, 0) is 4.79 Å². The number of likely N-dealkylation sites (tertiary alicyclic amines) is 1. The van der Waals surface area contributed by atoms with E-state index in [0.717, 1.165) is 31.6 Å². The maximum absolute atomic E-state index is 12.6. The fourth-order valence-electron chi connectivity index (χ4n) is 3.26. The normalized spacial score (nSPS) is 17.2. The van der Waals surface area contributed by atoms with Crippen LogP contribution < -0.4 is 4.74 Å². The molecule has 1 aliphatic heterocycles. The molecule has 0 bridgehead atoms. The van der Waals surface area contributed by atoms with Crippen molar-refractivity contribution in [3.05, 3.63) is 51.7 Å². The largest absolute Gasteiger partial charge is 0.494 e. The number of amides is 1. The SMILES string of the molecule is Cc1cccc(OCCCC(=O)N2CCCC2c2ccc(C)s2)c1. The zero-order valence-corrected chi connectivity index (χ0v) is 15.3. The Hall–Kier alpha value is -1.81. The van der Waals surface area contributed by atoms with Gasteiger partial charge in [-0.25, -0.2) is 0 Å². The summed E-state index contributed by atoms with van der Waals surface area (Å²) in [7, 11) is 0. The van der Waals surface area contributed by atoms with Gasteiger partial charge >= 0.3 is 0 Å². The first-order valence-corrected chi connectivity index (χ1v) is 9.50. The summed E-state index contributed by atoms with van der Waals surface area (Å²) in [5, 5.41) is 0. The van der Waals surface area contributed by atoms with Gasteiger partial charge in [0, 0.05) is 22.7 Å². The summed E-state index contributed by atoms with van der Waals surface area (Å²) in [6.45, 7) is 5.65. The van der Waals surface area contributed by atoms with Crippen LogP contribution in [-0.4, -0.2) is 24.0 Å². The van der Waals surface area contributed by atoms with E-state index in [9.17, 15) is 4.79 Å². The number of nitrogens with zero attached hydrogens (tertiary/aromatic N) is 1. The Labute approximate surface area is 148 Å². The second kappa shape index (κ2) is 7.84. The van der Waals surface area contributed by atoms with Crippen molar-refractivity contribution in [2.45, 2.75) is 45.6 Å². The molecule has 24 heavy (non-hydrogen) atoms. The third-order valence-electron chi connectivity index (χ3n) is 4.46. The van der Waals surface area contributed by atoms with Crippen LogP contribution in [0.4, 0.5) is 0 Å². The van der Waals surface area contributed by atoms with Crippen molar-refractivity contribution >= 4 is 17.2 Å². The zero-order chi connectivity index (χ0) is 16.9. The molecule has 2 heterocycles. The van der Waals surface area contributed by atoms with E-state index in [1.165, 1.54) is 15.3 Å². The number of hydrogen-bond acceptors (Lipinski definition) is 3. The lowest BCUT2D eigenvalue weighted by atomic mass is 10.1. The molecule has 1 amide bonds. The van der Waals surface area contributed by atoms with E-state index in [-0.39, 0.29) is 11.9 Å². The lowest BCUT2D eigenvalue weighted by Crippen LogP contribution is -2.30. The van der Waals surface area contributed by atoms with Crippen molar-refractivity contribution in [2.24, 2.45) is 0 Å². The molecule has 1 saturated heterocycles. The van der Waals surface area contributed by atoms with Crippen molar-refractivity contribution in [2.75, 3.05) is 13.2 Å². The Morgan fingerprint density at radius 3 is 2.92 bits per heavy atom. The van der Waals surface area contributed by atoms with Gasteiger partial charge in [0.15, 0.2) is 0 Å². The number of carbonyl (C=O) groups is 1. The van der Waals surface area contributed by atoms with Crippen LogP contribution >= 0.6 is 11.3 Å². The van der Waals surface area contributed by atoms with E-state index < -0.39 is 0 Å². The second-order valence-electron chi connectivity index (χ2n) is 6.46. The molecule has 1 aromatic carbocycles. The maximum atomic E-state index is 12.6. The molecule has 1 aromatic heterocycles. The highest BCUT2D eigenvalue weighted by molar-refractivity contribution is 7.12. The molecule has 0 saturated carbocycles. The Morgan fingerprint density at radius 1 is 1.29 bits per heavy atom. The molecule has 0 radical (unpaired) electrons. The van der Waals surface area contributed by atoms with E-state index >= 15 is 0 Å². The lowest BCUT2D eigenvalue weighted by Gasteiger charge is -2.24. The summed E-state index contributed by atoms with van der Waals surface area (Å²) in [6.07, 6.45) is 3.52. The quantitative estimate of drug-likeness (QED) is 0.699. The standard InChI is InChI=1S/C20H25NO2S/c1-15-6-3-7-17(14-15)23-13-5-9-20(22)21-12-4-8-18(21)19-11-10-16(2)24-19/h3,6-7,10-11,14,18H,4-5,8-9,12-13H2,1-2H3. The van der Waals surface area contributed by atoms with Crippen LogP contribution in [0.1, 0.15) is 47.0 Å². The Morgan fingerprint density at radius 2 is 2.17 bits per heavy atom. The smallest absolute Gasteiger partial charge is 0.223 e. The Balaban J connectivity index is 1.47. The number of ether oxygens (including phenoxy) is 1. The Bertz CT molecular complexity index is 694. The van der Waals surface area contributed by atoms with Crippen molar-refractivity contribution < 1.29 is 9.53 Å². The molecule has 0 aliphatic carbocycles. The van der Waals surface area contributed by atoms with Gasteiger partial charge in [0.25, 0.3) is 0 Å². The van der Waals surface area contributed by atoms with E-state index in [1.807, 2.05) is 29.5 Å². The highest BCUT2D eigenvalue weighted by Crippen LogP contribution is 2.36. The predicted octanol–water partition coefficient (Wildman–Crippen LogP) is 4.89. The minimum atomic E-state index is 0.261. The van der Waals surface area contributed by atoms with Crippen LogP contribution in [0.3, 0.4) is 0 Å².